The summed E-state index contributed by atoms with van der Waals surface area (Å²) in [5, 5.41) is 14.0. The Kier molecular flexibility index (Phi) is 12.2. The van der Waals surface area contributed by atoms with Crippen LogP contribution in [0, 0.1) is 5.41 Å². The molecular formula is C34H42N8O4. The number of nitrogens with two attached hydrogens (primary N) is 1. The SMILES string of the molecule is C=C(CCN(C(=O)c1ccc2c(c1)nc(CNc1ccc(C(=N)NC(=O)OCCCCCC)cc1)n2C)c1ccccn1)OCN. The molecule has 0 radical (unpaired) electrons. The molecule has 0 aliphatic heterocycles. The van der Waals surface area contributed by atoms with E-state index in [0.717, 1.165) is 42.7 Å². The molecule has 242 valence electrons. The lowest BCUT2D eigenvalue weighted by Gasteiger charge is -2.22. The fourth-order valence-electron chi connectivity index (χ4n) is 4.80. The van der Waals surface area contributed by atoms with Crippen LogP contribution in [0.3, 0.4) is 0 Å². The molecule has 2 aromatic carbocycles. The molecule has 2 aromatic heterocycles. The monoisotopic (exact) mass is 626 g/mol. The lowest BCUT2D eigenvalue weighted by molar-refractivity contribution is 0.0985. The summed E-state index contributed by atoms with van der Waals surface area (Å²) in [5.74, 6) is 1.55. The van der Waals surface area contributed by atoms with Crippen molar-refractivity contribution in [1.29, 1.82) is 5.41 Å². The molecule has 0 unspecified atom stereocenters. The van der Waals surface area contributed by atoms with Crippen LogP contribution in [0.5, 0.6) is 0 Å². The highest BCUT2D eigenvalue weighted by molar-refractivity contribution is 6.07. The number of fused-ring (bicyclic) bond motifs is 1. The molecule has 0 saturated carbocycles. The number of aromatic nitrogens is 3. The standard InChI is InChI=1S/C34H42N8O4/c1-4-5-6-9-20-45-34(44)40-32(36)25-11-14-27(15-12-25)38-22-31-39-28-21-26(13-16-29(28)41(31)3)33(43)42(19-17-24(2)46-23-35)30-10-7-8-18-37-30/h7-8,10-16,18,21,38H,2,4-6,9,17,19-20,22-23,35H2,1,3H3,(H2,36,40,44). The number of ether oxygens (including phenoxy) is 2. The normalized spacial score (nSPS) is 10.8. The van der Waals surface area contributed by atoms with Crippen LogP contribution in [-0.4, -0.2) is 52.3 Å². The molecule has 4 rings (SSSR count). The average Bonchev–Trinajstić information content (AvgIpc) is 3.38. The van der Waals surface area contributed by atoms with Crippen LogP contribution < -0.4 is 21.3 Å². The van der Waals surface area contributed by atoms with Gasteiger partial charge in [0.25, 0.3) is 5.91 Å². The highest BCUT2D eigenvalue weighted by atomic mass is 16.5. The van der Waals surface area contributed by atoms with Gasteiger partial charge in [-0.3, -0.25) is 26.2 Å². The van der Waals surface area contributed by atoms with Gasteiger partial charge in [-0.15, -0.1) is 0 Å². The number of pyridine rings is 1. The van der Waals surface area contributed by atoms with Crippen LogP contribution in [0.2, 0.25) is 0 Å². The van der Waals surface area contributed by atoms with E-state index in [2.05, 4.69) is 29.1 Å². The number of aryl methyl sites for hydroxylation is 1. The van der Waals surface area contributed by atoms with Crippen molar-refractivity contribution in [3.05, 3.63) is 96.1 Å². The minimum Gasteiger partial charge on any atom is -0.484 e. The Morgan fingerprint density at radius 2 is 1.83 bits per heavy atom. The van der Waals surface area contributed by atoms with E-state index >= 15 is 0 Å². The van der Waals surface area contributed by atoms with Crippen LogP contribution in [0.1, 0.15) is 60.8 Å². The number of nitrogens with one attached hydrogen (secondary N) is 3. The van der Waals surface area contributed by atoms with E-state index in [0.29, 0.717) is 54.3 Å². The molecule has 0 saturated heterocycles. The molecule has 0 aliphatic rings. The Morgan fingerprint density at radius 1 is 1.04 bits per heavy atom. The summed E-state index contributed by atoms with van der Waals surface area (Å²) in [6.07, 6.45) is 5.48. The predicted molar refractivity (Wildman–Crippen MR) is 180 cm³/mol. The van der Waals surface area contributed by atoms with Gasteiger partial charge in [0.1, 0.15) is 24.2 Å². The first kappa shape index (κ1) is 33.7. The number of unbranched alkanes of at least 4 members (excludes halogenated alkanes) is 3. The first-order valence-corrected chi connectivity index (χ1v) is 15.4. The Balaban J connectivity index is 1.38. The highest BCUT2D eigenvalue weighted by Gasteiger charge is 2.21. The first-order chi connectivity index (χ1) is 22.3. The number of carbonyl (C=O) groups excluding carboxylic acids is 2. The van der Waals surface area contributed by atoms with Crippen LogP contribution in [-0.2, 0) is 23.1 Å². The zero-order chi connectivity index (χ0) is 32.9. The van der Waals surface area contributed by atoms with Gasteiger partial charge in [-0.2, -0.15) is 0 Å². The number of amides is 2. The smallest absolute Gasteiger partial charge is 0.412 e. The van der Waals surface area contributed by atoms with Crippen LogP contribution in [0.4, 0.5) is 16.3 Å². The number of alkyl carbamates (subject to hydrolysis) is 1. The minimum atomic E-state index is -0.622. The topological polar surface area (TPSA) is 160 Å². The minimum absolute atomic E-state index is 0.0226. The van der Waals surface area contributed by atoms with Gasteiger partial charge in [-0.1, -0.05) is 38.8 Å². The van der Waals surface area contributed by atoms with E-state index in [4.69, 9.17) is 25.6 Å². The number of anilines is 2. The molecule has 0 bridgehead atoms. The van der Waals surface area contributed by atoms with Crippen molar-refractivity contribution in [2.45, 2.75) is 45.6 Å². The molecular weight excluding hydrogens is 584 g/mol. The van der Waals surface area contributed by atoms with Crippen LogP contribution in [0.25, 0.3) is 11.0 Å². The van der Waals surface area contributed by atoms with Crippen molar-refractivity contribution >= 4 is 40.4 Å². The Morgan fingerprint density at radius 3 is 2.54 bits per heavy atom. The van der Waals surface area contributed by atoms with E-state index in [1.54, 1.807) is 47.5 Å². The summed E-state index contributed by atoms with van der Waals surface area (Å²) < 4.78 is 12.4. The van der Waals surface area contributed by atoms with Gasteiger partial charge in [0.2, 0.25) is 0 Å². The number of hydrogen-bond donors (Lipinski definition) is 4. The number of carbonyl (C=O) groups is 2. The fourth-order valence-corrected chi connectivity index (χ4v) is 4.80. The number of amidine groups is 1. The van der Waals surface area contributed by atoms with Crippen LogP contribution in [0.15, 0.2) is 79.2 Å². The maximum absolute atomic E-state index is 13.7. The summed E-state index contributed by atoms with van der Waals surface area (Å²) in [6, 6.07) is 18.0. The lowest BCUT2D eigenvalue weighted by Crippen LogP contribution is -2.33. The third-order valence-electron chi connectivity index (χ3n) is 7.38. The lowest BCUT2D eigenvalue weighted by atomic mass is 10.1. The summed E-state index contributed by atoms with van der Waals surface area (Å²) in [6.45, 7) is 7.10. The Bertz CT molecular complexity index is 1640. The van der Waals surface area contributed by atoms with Gasteiger partial charge < -0.3 is 19.4 Å². The largest absolute Gasteiger partial charge is 0.484 e. The quantitative estimate of drug-likeness (QED) is 0.0405. The third kappa shape index (κ3) is 9.14. The van der Waals surface area contributed by atoms with Crippen molar-refractivity contribution in [2.24, 2.45) is 12.8 Å². The maximum atomic E-state index is 13.7. The molecule has 12 nitrogen and oxygen atoms in total. The molecule has 2 amide bonds. The van der Waals surface area contributed by atoms with E-state index in [1.807, 2.05) is 35.9 Å². The van der Waals surface area contributed by atoms with Gasteiger partial charge in [-0.25, -0.2) is 14.8 Å². The molecule has 2 heterocycles. The molecule has 0 aliphatic carbocycles. The van der Waals surface area contributed by atoms with Crippen molar-refractivity contribution in [2.75, 3.05) is 30.1 Å². The second-order valence-electron chi connectivity index (χ2n) is 10.7. The second-order valence-corrected chi connectivity index (χ2v) is 10.7. The van der Waals surface area contributed by atoms with Crippen molar-refractivity contribution < 1.29 is 19.1 Å². The molecule has 4 aromatic rings. The highest BCUT2D eigenvalue weighted by Crippen LogP contribution is 2.22. The van der Waals surface area contributed by atoms with Crippen molar-refractivity contribution in [3.8, 4) is 0 Å². The molecule has 12 heteroatoms. The number of imidazole rings is 1. The molecule has 0 spiro atoms. The first-order valence-electron chi connectivity index (χ1n) is 15.4. The van der Waals surface area contributed by atoms with Crippen LogP contribution >= 0.6 is 0 Å². The second kappa shape index (κ2) is 16.7. The van der Waals surface area contributed by atoms with Gasteiger partial charge in [0, 0.05) is 43.0 Å². The molecule has 0 fully saturated rings. The number of nitrogens with zero attached hydrogens (tertiary/aromatic N) is 4. The number of rotatable bonds is 16. The van der Waals surface area contributed by atoms with Crippen molar-refractivity contribution in [1.82, 2.24) is 19.9 Å². The summed E-state index contributed by atoms with van der Waals surface area (Å²) in [4.78, 5) is 36.4. The maximum Gasteiger partial charge on any atom is 0.412 e. The molecule has 46 heavy (non-hydrogen) atoms. The van der Waals surface area contributed by atoms with Gasteiger partial charge >= 0.3 is 6.09 Å². The van der Waals surface area contributed by atoms with E-state index in [9.17, 15) is 9.59 Å². The van der Waals surface area contributed by atoms with Crippen molar-refractivity contribution in [3.63, 3.8) is 0 Å². The zero-order valence-corrected chi connectivity index (χ0v) is 26.4. The Hall–Kier alpha value is -5.23. The Labute approximate surface area is 269 Å². The number of benzene rings is 2. The molecule has 0 atom stereocenters. The summed E-state index contributed by atoms with van der Waals surface area (Å²) in [5.41, 5.74) is 8.89. The third-order valence-corrected chi connectivity index (χ3v) is 7.38. The number of hydrogen-bond acceptors (Lipinski definition) is 9. The average molecular weight is 627 g/mol. The van der Waals surface area contributed by atoms with Gasteiger partial charge in [-0.05, 0) is 61.0 Å². The van der Waals surface area contributed by atoms with E-state index < -0.39 is 6.09 Å². The van der Waals surface area contributed by atoms with Gasteiger partial charge in [0.15, 0.2) is 0 Å². The molecule has 5 N–H and O–H groups in total. The van der Waals surface area contributed by atoms with Gasteiger partial charge in [0.05, 0.1) is 29.9 Å². The van der Waals surface area contributed by atoms with E-state index in [1.165, 1.54) is 0 Å². The summed E-state index contributed by atoms with van der Waals surface area (Å²) in [7, 11) is 1.93. The zero-order valence-electron chi connectivity index (χ0n) is 26.4. The van der Waals surface area contributed by atoms with E-state index in [-0.39, 0.29) is 18.5 Å². The predicted octanol–water partition coefficient (Wildman–Crippen LogP) is 5.70. The summed E-state index contributed by atoms with van der Waals surface area (Å²) >= 11 is 0. The fraction of sp³-hybridized carbons (Fsp3) is 0.324.